The second kappa shape index (κ2) is 12.0. The zero-order chi connectivity index (χ0) is 24.5. The minimum Gasteiger partial charge on any atom is -0.496 e. The predicted molar refractivity (Wildman–Crippen MR) is 139 cm³/mol. The summed E-state index contributed by atoms with van der Waals surface area (Å²) in [7, 11) is 1.62. The van der Waals surface area contributed by atoms with Gasteiger partial charge in [-0.1, -0.05) is 41.6 Å². The Labute approximate surface area is 211 Å². The lowest BCUT2D eigenvalue weighted by atomic mass is 10.2. The number of rotatable bonds is 9. The van der Waals surface area contributed by atoms with Crippen molar-refractivity contribution in [2.75, 3.05) is 12.9 Å². The number of nitrogens with one attached hydrogen (secondary N) is 1. The number of hydrogen-bond donors (Lipinski definition) is 1. The van der Waals surface area contributed by atoms with Crippen LogP contribution in [0, 0.1) is 0 Å². The fourth-order valence-electron chi connectivity index (χ4n) is 3.14. The van der Waals surface area contributed by atoms with Gasteiger partial charge in [-0.2, -0.15) is 5.10 Å². The zero-order valence-electron chi connectivity index (χ0n) is 18.7. The highest BCUT2D eigenvalue weighted by Crippen LogP contribution is 2.28. The van der Waals surface area contributed by atoms with Crippen molar-refractivity contribution in [3.8, 4) is 22.8 Å². The number of nitrogens with zero attached hydrogens (tertiary/aromatic N) is 5. The first kappa shape index (κ1) is 24.2. The Morgan fingerprint density at radius 2 is 1.89 bits per heavy atom. The largest absolute Gasteiger partial charge is 0.496 e. The van der Waals surface area contributed by atoms with Gasteiger partial charge in [-0.3, -0.25) is 14.3 Å². The molecule has 0 bridgehead atoms. The molecular formula is C25H21ClN6O2S. The molecule has 0 aliphatic rings. The van der Waals surface area contributed by atoms with Gasteiger partial charge < -0.3 is 4.74 Å². The number of thioether (sulfide) groups is 1. The molecule has 10 heteroatoms. The Morgan fingerprint density at radius 3 is 2.66 bits per heavy atom. The quantitative estimate of drug-likeness (QED) is 0.198. The summed E-state index contributed by atoms with van der Waals surface area (Å²) in [5, 5.41) is 13.8. The molecule has 4 rings (SSSR count). The summed E-state index contributed by atoms with van der Waals surface area (Å²) in [4.78, 5) is 16.4. The number of para-hydroxylation sites is 1. The lowest BCUT2D eigenvalue weighted by Gasteiger charge is -2.10. The molecule has 0 aliphatic carbocycles. The van der Waals surface area contributed by atoms with E-state index in [0.29, 0.717) is 16.0 Å². The molecule has 2 aromatic heterocycles. The summed E-state index contributed by atoms with van der Waals surface area (Å²) in [6.07, 6.45) is 8.46. The van der Waals surface area contributed by atoms with Gasteiger partial charge in [-0.05, 0) is 54.6 Å². The molecule has 0 saturated heterocycles. The second-order valence-corrected chi connectivity index (χ2v) is 8.44. The van der Waals surface area contributed by atoms with Crippen LogP contribution in [-0.4, -0.2) is 44.7 Å². The Hall–Kier alpha value is -3.95. The highest BCUT2D eigenvalue weighted by molar-refractivity contribution is 7.99. The molecule has 2 aromatic carbocycles. The van der Waals surface area contributed by atoms with Crippen molar-refractivity contribution in [3.05, 3.63) is 89.7 Å². The van der Waals surface area contributed by atoms with E-state index in [4.69, 9.17) is 16.3 Å². The molecule has 2 heterocycles. The second-order valence-electron chi connectivity index (χ2n) is 7.06. The van der Waals surface area contributed by atoms with Crippen LogP contribution in [0.2, 0.25) is 5.02 Å². The first-order valence-electron chi connectivity index (χ1n) is 10.5. The minimum absolute atomic E-state index is 0.107. The number of aromatic nitrogens is 4. The van der Waals surface area contributed by atoms with E-state index in [2.05, 4.69) is 25.7 Å². The molecule has 0 unspecified atom stereocenters. The van der Waals surface area contributed by atoms with Crippen LogP contribution in [0.4, 0.5) is 0 Å². The average molecular weight is 505 g/mol. The first-order valence-corrected chi connectivity index (χ1v) is 11.9. The Morgan fingerprint density at radius 1 is 1.11 bits per heavy atom. The van der Waals surface area contributed by atoms with Crippen LogP contribution in [0.15, 0.2) is 89.4 Å². The third kappa shape index (κ3) is 6.34. The SMILES string of the molecule is COc1ccccc1/C=C/C=N\NC(=O)CSc1nnc(-c2ccncc2)n1-c1ccc(Cl)cc1. The Kier molecular flexibility index (Phi) is 8.26. The smallest absolute Gasteiger partial charge is 0.250 e. The molecule has 1 N–H and O–H groups in total. The molecule has 4 aromatic rings. The number of ether oxygens (including phenoxy) is 1. The molecule has 0 aliphatic heterocycles. The van der Waals surface area contributed by atoms with Crippen LogP contribution in [0.5, 0.6) is 5.75 Å². The molecule has 0 saturated carbocycles. The number of methoxy groups -OCH3 is 1. The summed E-state index contributed by atoms with van der Waals surface area (Å²) in [6, 6.07) is 18.7. The molecule has 0 fully saturated rings. The molecule has 0 radical (unpaired) electrons. The number of allylic oxidation sites excluding steroid dienone is 1. The third-order valence-corrected chi connectivity index (χ3v) is 5.93. The molecule has 35 heavy (non-hydrogen) atoms. The van der Waals surface area contributed by atoms with E-state index in [1.807, 2.05) is 59.2 Å². The van der Waals surface area contributed by atoms with E-state index < -0.39 is 0 Å². The van der Waals surface area contributed by atoms with E-state index in [1.165, 1.54) is 18.0 Å². The van der Waals surface area contributed by atoms with Gasteiger partial charge >= 0.3 is 0 Å². The van der Waals surface area contributed by atoms with Crippen molar-refractivity contribution in [2.45, 2.75) is 5.16 Å². The van der Waals surface area contributed by atoms with Crippen LogP contribution in [0.25, 0.3) is 23.2 Å². The fourth-order valence-corrected chi connectivity index (χ4v) is 4.01. The summed E-state index contributed by atoms with van der Waals surface area (Å²) in [6.45, 7) is 0. The van der Waals surface area contributed by atoms with Gasteiger partial charge in [-0.15, -0.1) is 10.2 Å². The van der Waals surface area contributed by atoms with Gasteiger partial charge in [-0.25, -0.2) is 5.43 Å². The number of benzene rings is 2. The summed E-state index contributed by atoms with van der Waals surface area (Å²) in [5.41, 5.74) is 5.11. The van der Waals surface area contributed by atoms with Crippen LogP contribution in [0.1, 0.15) is 5.56 Å². The number of pyridine rings is 1. The number of hydrogen-bond acceptors (Lipinski definition) is 7. The van der Waals surface area contributed by atoms with Crippen molar-refractivity contribution in [3.63, 3.8) is 0 Å². The van der Waals surface area contributed by atoms with Crippen molar-refractivity contribution >= 4 is 41.6 Å². The number of carbonyl (C=O) groups excluding carboxylic acids is 1. The topological polar surface area (TPSA) is 94.3 Å². The molecule has 0 atom stereocenters. The molecule has 176 valence electrons. The standard InChI is InChI=1S/C25H21ClN6O2S/c1-34-22-7-3-2-5-18(22)6-4-14-28-29-23(33)17-35-25-31-30-24(19-12-15-27-16-13-19)32(25)21-10-8-20(26)9-11-21/h2-16H,17H2,1H3,(H,29,33)/b6-4+,28-14-. The van der Waals surface area contributed by atoms with E-state index in [0.717, 1.165) is 22.6 Å². The summed E-state index contributed by atoms with van der Waals surface area (Å²) < 4.78 is 7.18. The Balaban J connectivity index is 1.42. The monoisotopic (exact) mass is 504 g/mol. The van der Waals surface area contributed by atoms with Crippen molar-refractivity contribution in [1.29, 1.82) is 0 Å². The lowest BCUT2D eigenvalue weighted by Crippen LogP contribution is -2.19. The average Bonchev–Trinajstić information content (AvgIpc) is 3.32. The van der Waals surface area contributed by atoms with Gasteiger partial charge in [0.1, 0.15) is 5.75 Å². The fraction of sp³-hybridized carbons (Fsp3) is 0.0800. The van der Waals surface area contributed by atoms with E-state index in [1.54, 1.807) is 37.7 Å². The van der Waals surface area contributed by atoms with E-state index in [-0.39, 0.29) is 11.7 Å². The molecule has 0 spiro atoms. The van der Waals surface area contributed by atoms with Crippen molar-refractivity contribution < 1.29 is 9.53 Å². The molecular weight excluding hydrogens is 484 g/mol. The van der Waals surface area contributed by atoms with Gasteiger partial charge in [0.15, 0.2) is 11.0 Å². The van der Waals surface area contributed by atoms with Crippen molar-refractivity contribution in [1.82, 2.24) is 25.2 Å². The maximum Gasteiger partial charge on any atom is 0.250 e. The molecule has 8 nitrogen and oxygen atoms in total. The summed E-state index contributed by atoms with van der Waals surface area (Å²) in [5.74, 6) is 1.23. The lowest BCUT2D eigenvalue weighted by molar-refractivity contribution is -0.118. The van der Waals surface area contributed by atoms with E-state index in [9.17, 15) is 4.79 Å². The maximum absolute atomic E-state index is 12.3. The zero-order valence-corrected chi connectivity index (χ0v) is 20.3. The third-order valence-electron chi connectivity index (χ3n) is 4.75. The number of carbonyl (C=O) groups is 1. The van der Waals surface area contributed by atoms with Crippen LogP contribution in [0.3, 0.4) is 0 Å². The van der Waals surface area contributed by atoms with Crippen LogP contribution in [-0.2, 0) is 4.79 Å². The number of hydrazone groups is 1. The summed E-state index contributed by atoms with van der Waals surface area (Å²) >= 11 is 7.32. The first-order chi connectivity index (χ1) is 17.2. The van der Waals surface area contributed by atoms with Crippen molar-refractivity contribution in [2.24, 2.45) is 5.10 Å². The normalized spacial score (nSPS) is 11.3. The van der Waals surface area contributed by atoms with Gasteiger partial charge in [0.05, 0.1) is 12.9 Å². The maximum atomic E-state index is 12.3. The van der Waals surface area contributed by atoms with Gasteiger partial charge in [0, 0.05) is 40.4 Å². The van der Waals surface area contributed by atoms with Crippen LogP contribution < -0.4 is 10.2 Å². The number of halogens is 1. The minimum atomic E-state index is -0.270. The van der Waals surface area contributed by atoms with Crippen LogP contribution >= 0.6 is 23.4 Å². The molecule has 1 amide bonds. The number of amides is 1. The predicted octanol–water partition coefficient (Wildman–Crippen LogP) is 4.90. The van der Waals surface area contributed by atoms with Gasteiger partial charge in [0.25, 0.3) is 5.91 Å². The highest BCUT2D eigenvalue weighted by atomic mass is 35.5. The Bertz CT molecular complexity index is 1340. The van der Waals surface area contributed by atoms with Gasteiger partial charge in [0.2, 0.25) is 0 Å². The highest BCUT2D eigenvalue weighted by Gasteiger charge is 2.17. The van der Waals surface area contributed by atoms with E-state index >= 15 is 0 Å².